The van der Waals surface area contributed by atoms with Gasteiger partial charge in [0.25, 0.3) is 0 Å². The van der Waals surface area contributed by atoms with Crippen LogP contribution >= 0.6 is 0 Å². The molecule has 14 heavy (non-hydrogen) atoms. The molecule has 0 aromatic heterocycles. The molecule has 78 valence electrons. The number of rotatable bonds is 0. The van der Waals surface area contributed by atoms with Gasteiger partial charge in [-0.05, 0) is 6.42 Å². The van der Waals surface area contributed by atoms with Crippen LogP contribution in [0.5, 0.6) is 0 Å². The van der Waals surface area contributed by atoms with E-state index < -0.39 is 6.09 Å². The lowest BCUT2D eigenvalue weighted by Crippen LogP contribution is -2.46. The number of ether oxygens (including phenoxy) is 1. The lowest BCUT2D eigenvalue weighted by Gasteiger charge is -2.36. The second kappa shape index (κ2) is 3.15. The Morgan fingerprint density at radius 1 is 1.36 bits per heavy atom. The molecule has 2 aliphatic heterocycles. The minimum Gasteiger partial charge on any atom is -0.465 e. The number of piperidine rings is 1. The molecule has 2 aliphatic rings. The summed E-state index contributed by atoms with van der Waals surface area (Å²) in [4.78, 5) is 23.0. The molecule has 2 fully saturated rings. The molecule has 0 radical (unpaired) electrons. The van der Waals surface area contributed by atoms with E-state index in [0.29, 0.717) is 32.4 Å². The quantitative estimate of drug-likeness (QED) is 0.587. The summed E-state index contributed by atoms with van der Waals surface area (Å²) in [5.41, 5.74) is -0.344. The standard InChI is InChI=1S/C9H13NO4/c11-7-1-2-9(14-7)3-5-10(6-4-9)8(12)13/h1-6H2,(H,12,13). The highest BCUT2D eigenvalue weighted by atomic mass is 16.6. The van der Waals surface area contributed by atoms with Gasteiger partial charge in [-0.2, -0.15) is 0 Å². The molecule has 5 nitrogen and oxygen atoms in total. The Hall–Kier alpha value is -1.26. The van der Waals surface area contributed by atoms with Crippen molar-refractivity contribution in [1.29, 1.82) is 0 Å². The van der Waals surface area contributed by atoms with Crippen LogP contribution in [0.1, 0.15) is 25.7 Å². The largest absolute Gasteiger partial charge is 0.465 e. The summed E-state index contributed by atoms with van der Waals surface area (Å²) in [6, 6.07) is 0. The minimum absolute atomic E-state index is 0.145. The van der Waals surface area contributed by atoms with Crippen molar-refractivity contribution in [3.63, 3.8) is 0 Å². The van der Waals surface area contributed by atoms with Crippen LogP contribution in [0.15, 0.2) is 0 Å². The van der Waals surface area contributed by atoms with E-state index in [-0.39, 0.29) is 11.6 Å². The Morgan fingerprint density at radius 2 is 2.00 bits per heavy atom. The second-order valence-electron chi connectivity index (χ2n) is 3.93. The zero-order chi connectivity index (χ0) is 10.2. The zero-order valence-corrected chi connectivity index (χ0v) is 7.86. The normalized spacial score (nSPS) is 25.1. The van der Waals surface area contributed by atoms with Crippen LogP contribution in [-0.4, -0.2) is 40.8 Å². The van der Waals surface area contributed by atoms with Crippen LogP contribution < -0.4 is 0 Å². The molecule has 1 spiro atoms. The summed E-state index contributed by atoms with van der Waals surface area (Å²) in [5.74, 6) is -0.145. The number of carboxylic acid groups (broad SMARTS) is 1. The van der Waals surface area contributed by atoms with Gasteiger partial charge in [-0.25, -0.2) is 4.79 Å². The van der Waals surface area contributed by atoms with Crippen molar-refractivity contribution in [2.45, 2.75) is 31.3 Å². The maximum Gasteiger partial charge on any atom is 0.407 e. The molecular weight excluding hydrogens is 186 g/mol. The molecule has 1 amide bonds. The highest BCUT2D eigenvalue weighted by molar-refractivity contribution is 5.72. The summed E-state index contributed by atoms with van der Waals surface area (Å²) < 4.78 is 5.26. The summed E-state index contributed by atoms with van der Waals surface area (Å²) in [7, 11) is 0. The predicted octanol–water partition coefficient (Wildman–Crippen LogP) is 0.836. The van der Waals surface area contributed by atoms with E-state index in [2.05, 4.69) is 0 Å². The molecule has 0 aromatic carbocycles. The van der Waals surface area contributed by atoms with Gasteiger partial charge < -0.3 is 14.7 Å². The van der Waals surface area contributed by atoms with Gasteiger partial charge in [-0.3, -0.25) is 4.79 Å². The van der Waals surface area contributed by atoms with Gasteiger partial charge >= 0.3 is 12.1 Å². The third-order valence-corrected chi connectivity index (χ3v) is 3.06. The van der Waals surface area contributed by atoms with E-state index >= 15 is 0 Å². The van der Waals surface area contributed by atoms with Crippen molar-refractivity contribution >= 4 is 12.1 Å². The van der Waals surface area contributed by atoms with E-state index in [0.717, 1.165) is 6.42 Å². The Morgan fingerprint density at radius 3 is 2.43 bits per heavy atom. The molecular formula is C9H13NO4. The molecule has 2 saturated heterocycles. The van der Waals surface area contributed by atoms with Gasteiger partial charge in [0.05, 0.1) is 0 Å². The van der Waals surface area contributed by atoms with Crippen molar-refractivity contribution in [3.8, 4) is 0 Å². The van der Waals surface area contributed by atoms with Crippen molar-refractivity contribution in [1.82, 2.24) is 4.90 Å². The topological polar surface area (TPSA) is 66.8 Å². The van der Waals surface area contributed by atoms with Crippen LogP contribution in [-0.2, 0) is 9.53 Å². The van der Waals surface area contributed by atoms with E-state index in [4.69, 9.17) is 9.84 Å². The van der Waals surface area contributed by atoms with Gasteiger partial charge in [0.2, 0.25) is 0 Å². The second-order valence-corrected chi connectivity index (χ2v) is 3.93. The summed E-state index contributed by atoms with van der Waals surface area (Å²) in [6.45, 7) is 0.950. The third-order valence-electron chi connectivity index (χ3n) is 3.06. The SMILES string of the molecule is O=C1CCC2(CCN(C(=O)O)CC2)O1. The monoisotopic (exact) mass is 199 g/mol. The Kier molecular flexibility index (Phi) is 2.09. The predicted molar refractivity (Wildman–Crippen MR) is 46.9 cm³/mol. The Bertz CT molecular complexity index is 268. The van der Waals surface area contributed by atoms with E-state index in [1.165, 1.54) is 4.90 Å². The van der Waals surface area contributed by atoms with Crippen molar-refractivity contribution < 1.29 is 19.4 Å². The van der Waals surface area contributed by atoms with Gasteiger partial charge in [0, 0.05) is 32.4 Å². The maximum atomic E-state index is 11.0. The van der Waals surface area contributed by atoms with Crippen molar-refractivity contribution in [3.05, 3.63) is 0 Å². The number of hydrogen-bond donors (Lipinski definition) is 1. The number of carbonyl (C=O) groups excluding carboxylic acids is 1. The molecule has 1 N–H and O–H groups in total. The van der Waals surface area contributed by atoms with Gasteiger partial charge in [0.15, 0.2) is 0 Å². The van der Waals surface area contributed by atoms with E-state index in [1.807, 2.05) is 0 Å². The summed E-state index contributed by atoms with van der Waals surface area (Å²) >= 11 is 0. The van der Waals surface area contributed by atoms with Crippen LogP contribution in [0.4, 0.5) is 4.79 Å². The summed E-state index contributed by atoms with van der Waals surface area (Å²) in [5, 5.41) is 8.74. The highest BCUT2D eigenvalue weighted by Gasteiger charge is 2.43. The summed E-state index contributed by atoms with van der Waals surface area (Å²) in [6.07, 6.45) is 1.63. The van der Waals surface area contributed by atoms with Gasteiger partial charge in [-0.1, -0.05) is 0 Å². The molecule has 5 heteroatoms. The number of carbonyl (C=O) groups is 2. The fraction of sp³-hybridized carbons (Fsp3) is 0.778. The molecule has 0 unspecified atom stereocenters. The lowest BCUT2D eigenvalue weighted by atomic mass is 9.89. The zero-order valence-electron chi connectivity index (χ0n) is 7.86. The maximum absolute atomic E-state index is 11.0. The lowest BCUT2D eigenvalue weighted by molar-refractivity contribution is -0.151. The average molecular weight is 199 g/mol. The third kappa shape index (κ3) is 1.54. The first-order valence-electron chi connectivity index (χ1n) is 4.81. The molecule has 0 aromatic rings. The first-order valence-corrected chi connectivity index (χ1v) is 4.81. The van der Waals surface area contributed by atoms with E-state index in [9.17, 15) is 9.59 Å². The van der Waals surface area contributed by atoms with Crippen LogP contribution in [0.2, 0.25) is 0 Å². The number of likely N-dealkylation sites (tertiary alicyclic amines) is 1. The fourth-order valence-electron chi connectivity index (χ4n) is 2.13. The van der Waals surface area contributed by atoms with Crippen LogP contribution in [0, 0.1) is 0 Å². The van der Waals surface area contributed by atoms with Gasteiger partial charge in [-0.15, -0.1) is 0 Å². The Balaban J connectivity index is 1.95. The van der Waals surface area contributed by atoms with Crippen LogP contribution in [0.25, 0.3) is 0 Å². The number of nitrogens with zero attached hydrogens (tertiary/aromatic N) is 1. The molecule has 2 rings (SSSR count). The molecule has 2 heterocycles. The average Bonchev–Trinajstić information content (AvgIpc) is 2.48. The molecule has 0 saturated carbocycles. The highest BCUT2D eigenvalue weighted by Crippen LogP contribution is 2.36. The molecule has 0 aliphatic carbocycles. The molecule has 0 atom stereocenters. The number of esters is 1. The Labute approximate surface area is 81.6 Å². The minimum atomic E-state index is -0.885. The van der Waals surface area contributed by atoms with Crippen molar-refractivity contribution in [2.75, 3.05) is 13.1 Å². The molecule has 0 bridgehead atoms. The number of hydrogen-bond acceptors (Lipinski definition) is 3. The van der Waals surface area contributed by atoms with Gasteiger partial charge in [0.1, 0.15) is 5.60 Å². The number of amides is 1. The first kappa shape index (κ1) is 9.30. The first-order chi connectivity index (χ1) is 6.61. The van der Waals surface area contributed by atoms with Crippen LogP contribution in [0.3, 0.4) is 0 Å². The fourth-order valence-corrected chi connectivity index (χ4v) is 2.13. The van der Waals surface area contributed by atoms with Crippen molar-refractivity contribution in [2.24, 2.45) is 0 Å². The van der Waals surface area contributed by atoms with E-state index in [1.54, 1.807) is 0 Å². The smallest absolute Gasteiger partial charge is 0.407 e.